The number of sulfonamides is 2. The second-order valence-corrected chi connectivity index (χ2v) is 25.2. The van der Waals surface area contributed by atoms with Crippen LogP contribution in [0.15, 0.2) is 105 Å². The van der Waals surface area contributed by atoms with E-state index in [2.05, 4.69) is 15.6 Å². The zero-order valence-electron chi connectivity index (χ0n) is 39.3. The summed E-state index contributed by atoms with van der Waals surface area (Å²) in [5, 5.41) is 7.19. The van der Waals surface area contributed by atoms with Crippen LogP contribution < -0.4 is 15.5 Å². The van der Waals surface area contributed by atoms with Crippen LogP contribution in [-0.4, -0.2) is 111 Å². The van der Waals surface area contributed by atoms with Gasteiger partial charge in [-0.05, 0) is 119 Å². The van der Waals surface area contributed by atoms with Crippen LogP contribution in [0.25, 0.3) is 10.9 Å². The van der Waals surface area contributed by atoms with E-state index < -0.39 is 43.6 Å². The zero-order chi connectivity index (χ0) is 52.2. The van der Waals surface area contributed by atoms with E-state index in [-0.39, 0.29) is 91.2 Å². The highest BCUT2D eigenvalue weighted by atomic mass is 35.5. The third-order valence-corrected chi connectivity index (χ3v) is 18.6. The molecule has 2 aliphatic heterocycles. The van der Waals surface area contributed by atoms with Crippen LogP contribution in [0.3, 0.4) is 0 Å². The average molecular weight is 1110 g/mol. The van der Waals surface area contributed by atoms with Crippen LogP contribution in [0.5, 0.6) is 0 Å². The van der Waals surface area contributed by atoms with Gasteiger partial charge in [-0.25, -0.2) is 26.6 Å². The largest absolute Gasteiger partial charge is 0.444 e. The van der Waals surface area contributed by atoms with Crippen molar-refractivity contribution >= 4 is 100 Å². The maximum absolute atomic E-state index is 13.6. The number of aryl methyl sites for hydroxylation is 1. The van der Waals surface area contributed by atoms with Gasteiger partial charge in [-0.1, -0.05) is 34.8 Å². The van der Waals surface area contributed by atoms with E-state index >= 15 is 0 Å². The number of aromatic nitrogens is 1. The highest BCUT2D eigenvalue weighted by molar-refractivity contribution is 7.91. The molecule has 8 rings (SSSR count). The van der Waals surface area contributed by atoms with Gasteiger partial charge in [0.2, 0.25) is 0 Å². The summed E-state index contributed by atoms with van der Waals surface area (Å²) in [6.45, 7) is 9.19. The van der Waals surface area contributed by atoms with Gasteiger partial charge in [0, 0.05) is 94.4 Å². The molecule has 6 aromatic rings. The highest BCUT2D eigenvalue weighted by Crippen LogP contribution is 2.36. The predicted octanol–water partition coefficient (Wildman–Crippen LogP) is 9.29. The van der Waals surface area contributed by atoms with Gasteiger partial charge in [-0.15, -0.1) is 22.7 Å². The van der Waals surface area contributed by atoms with Crippen LogP contribution in [0.2, 0.25) is 10.0 Å². The van der Waals surface area contributed by atoms with E-state index in [1.54, 1.807) is 111 Å². The summed E-state index contributed by atoms with van der Waals surface area (Å²) < 4.78 is 102. The summed E-state index contributed by atoms with van der Waals surface area (Å²) >= 11 is 13.9. The van der Waals surface area contributed by atoms with Crippen molar-refractivity contribution in [2.75, 3.05) is 57.3 Å². The molecule has 384 valence electrons. The summed E-state index contributed by atoms with van der Waals surface area (Å²) in [5.74, 6) is -0.573. The second-order valence-electron chi connectivity index (χ2n) is 17.6. The molecule has 24 heteroatoms. The third-order valence-electron chi connectivity index (χ3n) is 11.2. The number of benzene rings is 3. The molecule has 0 radical (unpaired) electrons. The number of nitrogens with one attached hydrogen (secondary N) is 2. The number of pyridine rings is 1. The molecular weight excluding hydrogens is 1060 g/mol. The number of thiophene rings is 2. The number of hydrogen-bond donors (Lipinski definition) is 2. The first-order valence-corrected chi connectivity index (χ1v) is 27.6. The summed E-state index contributed by atoms with van der Waals surface area (Å²) in [6.07, 6.45) is -5.05. The van der Waals surface area contributed by atoms with Crippen molar-refractivity contribution in [3.8, 4) is 0 Å². The van der Waals surface area contributed by atoms with E-state index in [9.17, 15) is 44.4 Å². The number of carbonyl (C=O) groups is 3. The van der Waals surface area contributed by atoms with Crippen LogP contribution in [-0.2, 0) is 44.0 Å². The number of fused-ring (bicyclic) bond motifs is 1. The summed E-state index contributed by atoms with van der Waals surface area (Å²) in [5.41, 5.74) is 0.828. The van der Waals surface area contributed by atoms with Crippen molar-refractivity contribution in [1.82, 2.24) is 29.1 Å². The SMILES string of the molecule is CC(C)(C)OC(=O)N1CCN(S(=O)(=O)c2ccc(CNC(=O)c3ccc(Cl)cc3)s2)CC1.Cc1ccc2nc(C(F)(F)F)cc(N3CCN(S(=O)(=O)c4ccc(CNC(=O)c5ccc(Cl)cc5)s4)CC3)c2c1. The van der Waals surface area contributed by atoms with Crippen molar-refractivity contribution in [2.45, 2.75) is 61.0 Å². The summed E-state index contributed by atoms with van der Waals surface area (Å²) in [6, 6.07) is 25.4. The number of halogens is 5. The average Bonchev–Trinajstić information content (AvgIpc) is 4.04. The lowest BCUT2D eigenvalue weighted by molar-refractivity contribution is -0.140. The molecule has 0 atom stereocenters. The fraction of sp³-hybridized carbons (Fsp3) is 0.333. The Morgan fingerprint density at radius 2 is 1.11 bits per heavy atom. The molecule has 72 heavy (non-hydrogen) atoms. The van der Waals surface area contributed by atoms with Crippen LogP contribution in [0.4, 0.5) is 23.7 Å². The van der Waals surface area contributed by atoms with Crippen molar-refractivity contribution in [2.24, 2.45) is 0 Å². The molecule has 3 amide bonds. The zero-order valence-corrected chi connectivity index (χ0v) is 44.1. The molecule has 3 aromatic carbocycles. The molecule has 5 heterocycles. The molecule has 2 fully saturated rings. The number of ether oxygens (including phenoxy) is 1. The third kappa shape index (κ3) is 13.6. The molecule has 0 saturated carbocycles. The smallest absolute Gasteiger partial charge is 0.433 e. The van der Waals surface area contributed by atoms with Gasteiger partial charge in [-0.2, -0.15) is 21.8 Å². The van der Waals surface area contributed by atoms with E-state index in [0.29, 0.717) is 37.1 Å². The molecular formula is C48H50Cl2F3N7O8S4. The molecule has 2 saturated heterocycles. The maximum atomic E-state index is 13.6. The van der Waals surface area contributed by atoms with E-state index in [4.69, 9.17) is 27.9 Å². The number of amides is 3. The first-order valence-electron chi connectivity index (χ1n) is 22.3. The Hall–Kier alpha value is -5.33. The molecule has 3 aromatic heterocycles. The Morgan fingerprint density at radius 1 is 0.653 bits per heavy atom. The number of piperazine rings is 2. The quantitative estimate of drug-likeness (QED) is 0.127. The van der Waals surface area contributed by atoms with Gasteiger partial charge in [0.1, 0.15) is 19.7 Å². The molecule has 0 bridgehead atoms. The maximum Gasteiger partial charge on any atom is 0.433 e. The number of anilines is 1. The minimum Gasteiger partial charge on any atom is -0.444 e. The first kappa shape index (κ1) is 54.4. The highest BCUT2D eigenvalue weighted by Gasteiger charge is 2.36. The van der Waals surface area contributed by atoms with Gasteiger partial charge in [0.05, 0.1) is 18.6 Å². The van der Waals surface area contributed by atoms with Crippen molar-refractivity contribution in [1.29, 1.82) is 0 Å². The van der Waals surface area contributed by atoms with Gasteiger partial charge in [-0.3, -0.25) is 9.59 Å². The van der Waals surface area contributed by atoms with E-state index in [1.807, 2.05) is 6.92 Å². The topological polar surface area (TPSA) is 179 Å². The fourth-order valence-electron chi connectivity index (χ4n) is 7.52. The monoisotopic (exact) mass is 1110 g/mol. The number of carbonyl (C=O) groups excluding carboxylic acids is 3. The normalized spacial score (nSPS) is 15.2. The lowest BCUT2D eigenvalue weighted by Crippen LogP contribution is -2.51. The van der Waals surface area contributed by atoms with Gasteiger partial charge >= 0.3 is 12.3 Å². The molecule has 0 spiro atoms. The van der Waals surface area contributed by atoms with E-state index in [0.717, 1.165) is 39.2 Å². The van der Waals surface area contributed by atoms with E-state index in [1.165, 1.54) is 19.6 Å². The van der Waals surface area contributed by atoms with Crippen LogP contribution >= 0.6 is 45.9 Å². The number of rotatable bonds is 11. The fourth-order valence-corrected chi connectivity index (χ4v) is 13.5. The summed E-state index contributed by atoms with van der Waals surface area (Å²) in [7, 11) is -7.49. The lowest BCUT2D eigenvalue weighted by Gasteiger charge is -2.36. The predicted molar refractivity (Wildman–Crippen MR) is 273 cm³/mol. The number of alkyl halides is 3. The van der Waals surface area contributed by atoms with Gasteiger partial charge < -0.3 is 25.2 Å². The first-order chi connectivity index (χ1) is 33.9. The molecule has 15 nitrogen and oxygen atoms in total. The van der Waals surface area contributed by atoms with Crippen molar-refractivity contribution in [3.63, 3.8) is 0 Å². The van der Waals surface area contributed by atoms with Crippen LogP contribution in [0.1, 0.15) is 62.5 Å². The van der Waals surface area contributed by atoms with Crippen molar-refractivity contribution < 1.29 is 49.1 Å². The molecule has 0 aliphatic carbocycles. The Kier molecular flexibility index (Phi) is 17.0. The van der Waals surface area contributed by atoms with Gasteiger partial charge in [0.15, 0.2) is 0 Å². The Morgan fingerprint density at radius 3 is 1.56 bits per heavy atom. The molecule has 2 N–H and O–H groups in total. The molecule has 2 aliphatic rings. The minimum absolute atomic E-state index is 0.111. The van der Waals surface area contributed by atoms with Crippen molar-refractivity contribution in [3.05, 3.63) is 139 Å². The second kappa shape index (κ2) is 22.4. The number of hydrogen-bond acceptors (Lipinski definition) is 12. The Bertz CT molecular complexity index is 3150. The number of nitrogens with zero attached hydrogens (tertiary/aromatic N) is 5. The molecule has 0 unspecified atom stereocenters. The van der Waals surface area contributed by atoms with Gasteiger partial charge in [0.25, 0.3) is 31.9 Å². The lowest BCUT2D eigenvalue weighted by atomic mass is 10.1. The Labute approximate surface area is 433 Å². The minimum atomic E-state index is -4.61. The standard InChI is InChI=1S/C27H24ClF3N4O3S2.C21H26ClN3O5S2/c1-17-2-8-22-21(14-17)23(15-24(33-22)27(29,30)31)34-10-12-35(13-11-34)40(37,38)25-9-7-20(39-25)16-32-26(36)18-3-5-19(28)6-4-18;1-21(2,3)30-20(27)24-10-12-25(13-11-24)32(28,29)18-9-8-17(31-18)14-23-19(26)15-4-6-16(22)7-5-15/h2-9,14-15H,10-13,16H2,1H3,(H,32,36);4-9H,10-14H2,1-3H3,(H,23,26). The summed E-state index contributed by atoms with van der Waals surface area (Å²) in [4.78, 5) is 45.3. The Balaban J connectivity index is 0.000000217. The van der Waals surface area contributed by atoms with Crippen LogP contribution in [0, 0.1) is 6.92 Å².